The maximum atomic E-state index is 12.4. The third-order valence-electron chi connectivity index (χ3n) is 3.76. The molecule has 6 nitrogen and oxygen atoms in total. The predicted octanol–water partition coefficient (Wildman–Crippen LogP) is 3.58. The van der Waals surface area contributed by atoms with Crippen LogP contribution in [0.4, 0.5) is 0 Å². The normalized spacial score (nSPS) is 17.0. The Morgan fingerprint density at radius 1 is 1.29 bits per heavy atom. The number of hydrogen-bond acceptors (Lipinski definition) is 4. The number of carboxylic acid groups (broad SMARTS) is 1. The number of carbonyl (C=O) groups is 2. The zero-order chi connectivity index (χ0) is 17.1. The lowest BCUT2D eigenvalue weighted by Gasteiger charge is -2.22. The molecule has 1 atom stereocenters. The van der Waals surface area contributed by atoms with Crippen molar-refractivity contribution in [3.05, 3.63) is 58.5 Å². The van der Waals surface area contributed by atoms with Gasteiger partial charge in [-0.25, -0.2) is 5.01 Å². The Labute approximate surface area is 146 Å². The lowest BCUT2D eigenvalue weighted by atomic mass is 10.0. The number of furan rings is 1. The molecule has 0 saturated carbocycles. The van der Waals surface area contributed by atoms with Crippen LogP contribution in [0.5, 0.6) is 0 Å². The molecule has 1 amide bonds. The first kappa shape index (κ1) is 16.4. The number of nitrogens with zero attached hydrogens (tertiary/aromatic N) is 2. The van der Waals surface area contributed by atoms with E-state index in [0.29, 0.717) is 17.9 Å². The fourth-order valence-electron chi connectivity index (χ4n) is 2.63. The van der Waals surface area contributed by atoms with E-state index in [1.165, 1.54) is 5.01 Å². The van der Waals surface area contributed by atoms with Gasteiger partial charge in [0, 0.05) is 17.3 Å². The summed E-state index contributed by atoms with van der Waals surface area (Å²) in [6.07, 6.45) is 1.77. The molecule has 24 heavy (non-hydrogen) atoms. The molecule has 0 fully saturated rings. The number of hydrazone groups is 1. The molecule has 1 aliphatic rings. The summed E-state index contributed by atoms with van der Waals surface area (Å²) in [5.41, 5.74) is 1.60. The molecule has 124 valence electrons. The van der Waals surface area contributed by atoms with Gasteiger partial charge in [-0.2, -0.15) is 5.10 Å². The highest BCUT2D eigenvalue weighted by molar-refractivity contribution is 9.10. The lowest BCUT2D eigenvalue weighted by Crippen LogP contribution is -2.27. The van der Waals surface area contributed by atoms with Gasteiger partial charge in [-0.1, -0.05) is 28.1 Å². The predicted molar refractivity (Wildman–Crippen MR) is 90.5 cm³/mol. The third-order valence-corrected chi connectivity index (χ3v) is 4.25. The van der Waals surface area contributed by atoms with Crippen molar-refractivity contribution in [2.24, 2.45) is 5.10 Å². The molecule has 0 radical (unpaired) electrons. The van der Waals surface area contributed by atoms with Crippen LogP contribution < -0.4 is 0 Å². The van der Waals surface area contributed by atoms with Gasteiger partial charge in [0.2, 0.25) is 5.91 Å². The average Bonchev–Trinajstić information content (AvgIpc) is 3.21. The van der Waals surface area contributed by atoms with Crippen molar-refractivity contribution in [1.29, 1.82) is 0 Å². The van der Waals surface area contributed by atoms with Crippen molar-refractivity contribution < 1.29 is 19.1 Å². The second kappa shape index (κ2) is 7.00. The Hall–Kier alpha value is -2.41. The van der Waals surface area contributed by atoms with Gasteiger partial charge in [0.05, 0.1) is 18.7 Å². The van der Waals surface area contributed by atoms with E-state index < -0.39 is 5.97 Å². The number of hydrogen-bond donors (Lipinski definition) is 1. The molecule has 1 aromatic heterocycles. The van der Waals surface area contributed by atoms with E-state index in [0.717, 1.165) is 10.0 Å². The molecule has 0 bridgehead atoms. The number of benzene rings is 1. The van der Waals surface area contributed by atoms with Crippen LogP contribution in [0.25, 0.3) is 0 Å². The molecule has 0 unspecified atom stereocenters. The number of amides is 1. The van der Waals surface area contributed by atoms with Crippen LogP contribution in [0.3, 0.4) is 0 Å². The van der Waals surface area contributed by atoms with Crippen LogP contribution in [-0.4, -0.2) is 27.7 Å². The molecule has 0 spiro atoms. The molecule has 1 N–H and O–H groups in total. The van der Waals surface area contributed by atoms with E-state index in [9.17, 15) is 9.59 Å². The van der Waals surface area contributed by atoms with E-state index in [2.05, 4.69) is 21.0 Å². The van der Waals surface area contributed by atoms with Gasteiger partial charge in [0.1, 0.15) is 11.5 Å². The molecule has 1 aromatic carbocycles. The Kier molecular flexibility index (Phi) is 4.80. The van der Waals surface area contributed by atoms with Crippen LogP contribution in [-0.2, 0) is 9.59 Å². The van der Waals surface area contributed by atoms with Crippen molar-refractivity contribution in [2.45, 2.75) is 25.3 Å². The Balaban J connectivity index is 1.89. The number of carbonyl (C=O) groups excluding carboxylic acids is 1. The average molecular weight is 391 g/mol. The molecule has 0 aliphatic carbocycles. The highest BCUT2D eigenvalue weighted by Gasteiger charge is 2.34. The number of carboxylic acids is 1. The number of aliphatic carboxylic acids is 1. The van der Waals surface area contributed by atoms with Crippen molar-refractivity contribution in [2.75, 3.05) is 0 Å². The summed E-state index contributed by atoms with van der Waals surface area (Å²) in [6, 6.07) is 10.9. The zero-order valence-electron chi connectivity index (χ0n) is 12.7. The number of rotatable bonds is 5. The molecule has 2 heterocycles. The summed E-state index contributed by atoms with van der Waals surface area (Å²) in [4.78, 5) is 23.2. The first-order chi connectivity index (χ1) is 11.5. The van der Waals surface area contributed by atoms with Crippen LogP contribution in [0, 0.1) is 0 Å². The first-order valence-corrected chi connectivity index (χ1v) is 8.24. The minimum Gasteiger partial charge on any atom is -0.481 e. The fourth-order valence-corrected chi connectivity index (χ4v) is 3.05. The molecular formula is C17H15BrN2O4. The molecule has 2 aromatic rings. The molecule has 3 rings (SSSR count). The largest absolute Gasteiger partial charge is 0.481 e. The van der Waals surface area contributed by atoms with Crippen LogP contribution in [0.1, 0.15) is 36.6 Å². The summed E-state index contributed by atoms with van der Waals surface area (Å²) >= 11 is 3.43. The van der Waals surface area contributed by atoms with E-state index in [1.54, 1.807) is 18.4 Å². The number of halogens is 1. The Morgan fingerprint density at radius 3 is 2.79 bits per heavy atom. The van der Waals surface area contributed by atoms with Gasteiger partial charge in [0.25, 0.3) is 0 Å². The van der Waals surface area contributed by atoms with E-state index in [1.807, 2.05) is 24.3 Å². The minimum absolute atomic E-state index is 0.0885. The maximum absolute atomic E-state index is 12.4. The summed E-state index contributed by atoms with van der Waals surface area (Å²) in [7, 11) is 0. The second-order valence-corrected chi connectivity index (χ2v) is 6.35. The van der Waals surface area contributed by atoms with E-state index >= 15 is 0 Å². The van der Waals surface area contributed by atoms with Gasteiger partial charge in [-0.3, -0.25) is 9.59 Å². The van der Waals surface area contributed by atoms with Crippen LogP contribution >= 0.6 is 15.9 Å². The monoisotopic (exact) mass is 390 g/mol. The molecule has 1 aliphatic heterocycles. The minimum atomic E-state index is -1.00. The van der Waals surface area contributed by atoms with Crippen molar-refractivity contribution >= 4 is 33.5 Å². The maximum Gasteiger partial charge on any atom is 0.303 e. The quantitative estimate of drug-likeness (QED) is 0.845. The second-order valence-electron chi connectivity index (χ2n) is 5.43. The Morgan fingerprint density at radius 2 is 2.12 bits per heavy atom. The van der Waals surface area contributed by atoms with Gasteiger partial charge >= 0.3 is 5.97 Å². The Bertz CT molecular complexity index is 786. The molecule has 0 saturated heterocycles. The summed E-state index contributed by atoms with van der Waals surface area (Å²) in [6.45, 7) is 0. The van der Waals surface area contributed by atoms with Gasteiger partial charge < -0.3 is 9.52 Å². The highest BCUT2D eigenvalue weighted by Crippen LogP contribution is 2.34. The van der Waals surface area contributed by atoms with Gasteiger partial charge in [-0.05, 0) is 29.8 Å². The molecule has 7 heteroatoms. The van der Waals surface area contributed by atoms with Crippen molar-refractivity contribution in [3.63, 3.8) is 0 Å². The van der Waals surface area contributed by atoms with E-state index in [4.69, 9.17) is 9.52 Å². The smallest absolute Gasteiger partial charge is 0.303 e. The summed E-state index contributed by atoms with van der Waals surface area (Å²) in [5.74, 6) is -0.704. The summed E-state index contributed by atoms with van der Waals surface area (Å²) < 4.78 is 6.29. The summed E-state index contributed by atoms with van der Waals surface area (Å²) in [5, 5.41) is 14.6. The van der Waals surface area contributed by atoms with Crippen LogP contribution in [0.2, 0.25) is 0 Å². The zero-order valence-corrected chi connectivity index (χ0v) is 14.3. The van der Waals surface area contributed by atoms with Crippen molar-refractivity contribution in [3.8, 4) is 0 Å². The van der Waals surface area contributed by atoms with Gasteiger partial charge in [-0.15, -0.1) is 0 Å². The first-order valence-electron chi connectivity index (χ1n) is 7.45. The lowest BCUT2D eigenvalue weighted by molar-refractivity contribution is -0.141. The topological polar surface area (TPSA) is 83.1 Å². The highest BCUT2D eigenvalue weighted by atomic mass is 79.9. The SMILES string of the molecule is O=C(O)CCC(=O)N1N=C(c2ccco2)C[C@@H]1c1cccc(Br)c1. The standard InChI is InChI=1S/C17H15BrN2O4/c18-12-4-1-3-11(9-12)14-10-13(15-5-2-8-24-15)19-20(14)16(21)6-7-17(22)23/h1-5,8-9,14H,6-7,10H2,(H,22,23)/t14-/m1/s1. The van der Waals surface area contributed by atoms with Crippen LogP contribution in [0.15, 0.2) is 56.7 Å². The van der Waals surface area contributed by atoms with Crippen molar-refractivity contribution in [1.82, 2.24) is 5.01 Å². The fraction of sp³-hybridized carbons (Fsp3) is 0.235. The van der Waals surface area contributed by atoms with Gasteiger partial charge in [0.15, 0.2) is 0 Å². The van der Waals surface area contributed by atoms with E-state index in [-0.39, 0.29) is 24.8 Å². The third kappa shape index (κ3) is 3.56. The molecular weight excluding hydrogens is 376 g/mol.